The van der Waals surface area contributed by atoms with Crippen LogP contribution in [0.3, 0.4) is 0 Å². The van der Waals surface area contributed by atoms with E-state index in [1.54, 1.807) is 0 Å². The first-order valence-electron chi connectivity index (χ1n) is 5.12. The number of anilines is 1. The number of alkyl halides is 2. The van der Waals surface area contributed by atoms with E-state index in [9.17, 15) is 8.78 Å². The van der Waals surface area contributed by atoms with Crippen molar-refractivity contribution in [2.45, 2.75) is 30.9 Å². The lowest BCUT2D eigenvalue weighted by Crippen LogP contribution is -2.12. The molecule has 1 atom stereocenters. The Kier molecular flexibility index (Phi) is 5.45. The summed E-state index contributed by atoms with van der Waals surface area (Å²) >= 11 is 0.450. The summed E-state index contributed by atoms with van der Waals surface area (Å²) in [5, 5.41) is 3.06. The van der Waals surface area contributed by atoms with Gasteiger partial charge in [-0.2, -0.15) is 8.78 Å². The SMILES string of the molecule is CC[C@@H](C)CNc1ncc(SC(F)F)cn1. The molecule has 0 aliphatic rings. The summed E-state index contributed by atoms with van der Waals surface area (Å²) in [5.74, 6) is -1.40. The van der Waals surface area contributed by atoms with Crippen LogP contribution in [0.1, 0.15) is 20.3 Å². The van der Waals surface area contributed by atoms with Crippen LogP contribution in [0.4, 0.5) is 14.7 Å². The predicted molar refractivity (Wildman–Crippen MR) is 61.8 cm³/mol. The predicted octanol–water partition coefficient (Wildman–Crippen LogP) is 3.25. The number of hydrogen-bond acceptors (Lipinski definition) is 4. The van der Waals surface area contributed by atoms with Crippen molar-refractivity contribution in [2.75, 3.05) is 11.9 Å². The van der Waals surface area contributed by atoms with Gasteiger partial charge in [-0.05, 0) is 5.92 Å². The lowest BCUT2D eigenvalue weighted by Gasteiger charge is -2.09. The Morgan fingerprint density at radius 1 is 1.38 bits per heavy atom. The molecule has 0 aliphatic carbocycles. The molecule has 0 saturated heterocycles. The van der Waals surface area contributed by atoms with Gasteiger partial charge in [0.2, 0.25) is 5.95 Å². The number of rotatable bonds is 6. The molecule has 1 aromatic heterocycles. The zero-order valence-corrected chi connectivity index (χ0v) is 10.1. The molecule has 0 fully saturated rings. The van der Waals surface area contributed by atoms with Crippen molar-refractivity contribution in [3.8, 4) is 0 Å². The molecule has 1 rings (SSSR count). The average molecular weight is 247 g/mol. The van der Waals surface area contributed by atoms with E-state index in [-0.39, 0.29) is 0 Å². The van der Waals surface area contributed by atoms with Crippen molar-refractivity contribution in [2.24, 2.45) is 5.92 Å². The van der Waals surface area contributed by atoms with Gasteiger partial charge in [-0.3, -0.25) is 0 Å². The highest BCUT2D eigenvalue weighted by Crippen LogP contribution is 2.23. The van der Waals surface area contributed by atoms with Crippen LogP contribution in [0.5, 0.6) is 0 Å². The van der Waals surface area contributed by atoms with Crippen LogP contribution in [-0.4, -0.2) is 22.3 Å². The van der Waals surface area contributed by atoms with Gasteiger partial charge in [0.15, 0.2) is 0 Å². The van der Waals surface area contributed by atoms with E-state index in [2.05, 4.69) is 29.1 Å². The second-order valence-electron chi connectivity index (χ2n) is 3.52. The first-order valence-corrected chi connectivity index (χ1v) is 6.00. The Hall–Kier alpha value is -0.910. The zero-order valence-electron chi connectivity index (χ0n) is 9.28. The molecule has 0 bridgehead atoms. The summed E-state index contributed by atoms with van der Waals surface area (Å²) in [7, 11) is 0. The first kappa shape index (κ1) is 13.2. The van der Waals surface area contributed by atoms with Crippen LogP contribution in [0.2, 0.25) is 0 Å². The third kappa shape index (κ3) is 4.74. The van der Waals surface area contributed by atoms with Gasteiger partial charge in [-0.15, -0.1) is 0 Å². The van der Waals surface area contributed by atoms with Crippen molar-refractivity contribution >= 4 is 17.7 Å². The topological polar surface area (TPSA) is 37.8 Å². The molecule has 1 N–H and O–H groups in total. The van der Waals surface area contributed by atoms with Crippen molar-refractivity contribution in [1.29, 1.82) is 0 Å². The smallest absolute Gasteiger partial charge is 0.289 e. The fourth-order valence-corrected chi connectivity index (χ4v) is 1.41. The van der Waals surface area contributed by atoms with Gasteiger partial charge in [0.1, 0.15) is 0 Å². The number of nitrogens with zero attached hydrogens (tertiary/aromatic N) is 2. The minimum atomic E-state index is -2.43. The van der Waals surface area contributed by atoms with Crippen LogP contribution >= 0.6 is 11.8 Å². The molecular formula is C10H15F2N3S. The van der Waals surface area contributed by atoms with Gasteiger partial charge in [0.05, 0.1) is 0 Å². The first-order chi connectivity index (χ1) is 7.61. The van der Waals surface area contributed by atoms with Crippen LogP contribution in [-0.2, 0) is 0 Å². The summed E-state index contributed by atoms with van der Waals surface area (Å²) in [6.07, 6.45) is 3.89. The van der Waals surface area contributed by atoms with Gasteiger partial charge in [-0.25, -0.2) is 9.97 Å². The highest BCUT2D eigenvalue weighted by atomic mass is 32.2. The lowest BCUT2D eigenvalue weighted by molar-refractivity contribution is 0.252. The standard InChI is InChI=1S/C10H15F2N3S/c1-3-7(2)4-13-10-14-5-8(6-15-10)16-9(11)12/h5-7,9H,3-4H2,1-2H3,(H,13,14,15)/t7-/m1/s1. The van der Waals surface area contributed by atoms with E-state index in [0.717, 1.165) is 13.0 Å². The number of nitrogens with one attached hydrogen (secondary N) is 1. The Bertz CT molecular complexity index is 305. The van der Waals surface area contributed by atoms with E-state index in [1.807, 2.05) is 0 Å². The minimum Gasteiger partial charge on any atom is -0.354 e. The number of hydrogen-bond donors (Lipinski definition) is 1. The summed E-state index contributed by atoms with van der Waals surface area (Å²) in [5.41, 5.74) is 0. The number of thioether (sulfide) groups is 1. The molecule has 0 aliphatic heterocycles. The highest BCUT2D eigenvalue weighted by molar-refractivity contribution is 7.99. The second-order valence-corrected chi connectivity index (χ2v) is 4.58. The second kappa shape index (κ2) is 6.62. The van der Waals surface area contributed by atoms with Gasteiger partial charge in [0.25, 0.3) is 5.76 Å². The summed E-state index contributed by atoms with van der Waals surface area (Å²) in [6.45, 7) is 5.02. The van der Waals surface area contributed by atoms with Crippen LogP contribution in [0.15, 0.2) is 17.3 Å². The molecule has 1 aromatic rings. The van der Waals surface area contributed by atoms with Crippen molar-refractivity contribution in [3.05, 3.63) is 12.4 Å². The Balaban J connectivity index is 2.45. The van der Waals surface area contributed by atoms with Crippen LogP contribution in [0, 0.1) is 5.92 Å². The Morgan fingerprint density at radius 2 is 2.00 bits per heavy atom. The van der Waals surface area contributed by atoms with Gasteiger partial charge < -0.3 is 5.32 Å². The molecule has 0 amide bonds. The molecule has 0 aromatic carbocycles. The highest BCUT2D eigenvalue weighted by Gasteiger charge is 2.06. The molecule has 90 valence electrons. The van der Waals surface area contributed by atoms with E-state index in [0.29, 0.717) is 28.5 Å². The molecule has 0 radical (unpaired) electrons. The fraction of sp³-hybridized carbons (Fsp3) is 0.600. The van der Waals surface area contributed by atoms with Crippen molar-refractivity contribution < 1.29 is 8.78 Å². The molecular weight excluding hydrogens is 232 g/mol. The van der Waals surface area contributed by atoms with Crippen LogP contribution in [0.25, 0.3) is 0 Å². The largest absolute Gasteiger partial charge is 0.354 e. The molecule has 0 spiro atoms. The summed E-state index contributed by atoms with van der Waals surface area (Å²) in [4.78, 5) is 8.30. The molecule has 16 heavy (non-hydrogen) atoms. The van der Waals surface area contributed by atoms with E-state index in [1.165, 1.54) is 12.4 Å². The van der Waals surface area contributed by atoms with Gasteiger partial charge in [-0.1, -0.05) is 32.0 Å². The van der Waals surface area contributed by atoms with Gasteiger partial charge in [0, 0.05) is 23.8 Å². The molecule has 1 heterocycles. The van der Waals surface area contributed by atoms with Gasteiger partial charge >= 0.3 is 0 Å². The zero-order chi connectivity index (χ0) is 12.0. The molecule has 0 saturated carbocycles. The quantitative estimate of drug-likeness (QED) is 0.783. The lowest BCUT2D eigenvalue weighted by atomic mass is 10.1. The summed E-state index contributed by atoms with van der Waals surface area (Å²) < 4.78 is 24.0. The third-order valence-electron chi connectivity index (χ3n) is 2.16. The molecule has 3 nitrogen and oxygen atoms in total. The number of aromatic nitrogens is 2. The van der Waals surface area contributed by atoms with E-state index >= 15 is 0 Å². The molecule has 6 heteroatoms. The minimum absolute atomic E-state index is 0.379. The number of halogens is 2. The Morgan fingerprint density at radius 3 is 2.50 bits per heavy atom. The maximum atomic E-state index is 12.0. The maximum absolute atomic E-state index is 12.0. The maximum Gasteiger partial charge on any atom is 0.289 e. The van der Waals surface area contributed by atoms with Crippen molar-refractivity contribution in [3.63, 3.8) is 0 Å². The summed E-state index contributed by atoms with van der Waals surface area (Å²) in [6, 6.07) is 0. The monoisotopic (exact) mass is 247 g/mol. The Labute approximate surface area is 98.1 Å². The fourth-order valence-electron chi connectivity index (χ4n) is 0.981. The van der Waals surface area contributed by atoms with Crippen LogP contribution < -0.4 is 5.32 Å². The normalized spacial score (nSPS) is 12.8. The van der Waals surface area contributed by atoms with E-state index in [4.69, 9.17) is 0 Å². The van der Waals surface area contributed by atoms with Crippen molar-refractivity contribution in [1.82, 2.24) is 9.97 Å². The van der Waals surface area contributed by atoms with E-state index < -0.39 is 5.76 Å². The third-order valence-corrected chi connectivity index (χ3v) is 2.82. The molecule has 0 unspecified atom stereocenters. The average Bonchev–Trinajstić information content (AvgIpc) is 2.27.